The quantitative estimate of drug-likeness (QED) is 0.0261. The molecule has 0 saturated heterocycles. The highest BCUT2D eigenvalue weighted by atomic mass is 16.6. The monoisotopic (exact) mass is 1020 g/mol. The SMILES string of the molecule is CC/C=C\C/C=C\C/C=C\C/C=C\C/C=C\C/C=C\C/C=C\C/C=C\CCCCC(=O)OCC(COC(=O)CCCCCCCCCCCCCCCC)OC(=O)CCCCCCC/C=C\C/C=C\CCCCC. The molecule has 420 valence electrons. The van der Waals surface area contributed by atoms with E-state index in [1.807, 2.05) is 0 Å². The summed E-state index contributed by atoms with van der Waals surface area (Å²) < 4.78 is 16.8. The number of allylic oxidation sites excluding steroid dienone is 20. The molecular formula is C68H112O6. The van der Waals surface area contributed by atoms with Crippen molar-refractivity contribution in [2.24, 2.45) is 0 Å². The van der Waals surface area contributed by atoms with Gasteiger partial charge in [-0.2, -0.15) is 0 Å². The largest absolute Gasteiger partial charge is 0.462 e. The fourth-order valence-corrected chi connectivity index (χ4v) is 8.13. The second-order valence-electron chi connectivity index (χ2n) is 19.9. The summed E-state index contributed by atoms with van der Waals surface area (Å²) in [7, 11) is 0. The van der Waals surface area contributed by atoms with Crippen LogP contribution < -0.4 is 0 Å². The van der Waals surface area contributed by atoms with Gasteiger partial charge in [0, 0.05) is 19.3 Å². The molecule has 0 aromatic heterocycles. The van der Waals surface area contributed by atoms with Crippen LogP contribution in [0.2, 0.25) is 0 Å². The van der Waals surface area contributed by atoms with Crippen LogP contribution in [0.3, 0.4) is 0 Å². The summed E-state index contributed by atoms with van der Waals surface area (Å²) in [6, 6.07) is 0. The highest BCUT2D eigenvalue weighted by Crippen LogP contribution is 2.15. The fourth-order valence-electron chi connectivity index (χ4n) is 8.13. The van der Waals surface area contributed by atoms with Gasteiger partial charge < -0.3 is 14.2 Å². The molecule has 0 rings (SSSR count). The number of carbonyl (C=O) groups is 3. The maximum absolute atomic E-state index is 12.9. The Kier molecular flexibility index (Phi) is 57.9. The molecule has 0 amide bonds. The third kappa shape index (κ3) is 58.7. The summed E-state index contributed by atoms with van der Waals surface area (Å²) in [6.45, 7) is 6.46. The lowest BCUT2D eigenvalue weighted by molar-refractivity contribution is -0.167. The molecule has 1 atom stereocenters. The Morgan fingerprint density at radius 3 is 0.878 bits per heavy atom. The van der Waals surface area contributed by atoms with Crippen LogP contribution in [-0.4, -0.2) is 37.2 Å². The lowest BCUT2D eigenvalue weighted by atomic mass is 10.0. The third-order valence-electron chi connectivity index (χ3n) is 12.7. The average Bonchev–Trinajstić information content (AvgIpc) is 3.40. The van der Waals surface area contributed by atoms with Crippen LogP contribution in [0.4, 0.5) is 0 Å². The minimum Gasteiger partial charge on any atom is -0.462 e. The van der Waals surface area contributed by atoms with Gasteiger partial charge in [0.05, 0.1) is 0 Å². The van der Waals surface area contributed by atoms with Gasteiger partial charge in [-0.25, -0.2) is 0 Å². The fraction of sp³-hybridized carbons (Fsp3) is 0.662. The van der Waals surface area contributed by atoms with Crippen molar-refractivity contribution in [3.8, 4) is 0 Å². The van der Waals surface area contributed by atoms with Crippen molar-refractivity contribution < 1.29 is 28.6 Å². The number of hydrogen-bond acceptors (Lipinski definition) is 6. The average molecular weight is 1030 g/mol. The van der Waals surface area contributed by atoms with E-state index in [9.17, 15) is 14.4 Å². The molecule has 0 aliphatic heterocycles. The summed E-state index contributed by atoms with van der Waals surface area (Å²) in [5.74, 6) is -0.955. The minimum absolute atomic E-state index is 0.0980. The van der Waals surface area contributed by atoms with Crippen LogP contribution in [0.1, 0.15) is 271 Å². The van der Waals surface area contributed by atoms with Gasteiger partial charge in [-0.1, -0.05) is 258 Å². The molecule has 0 aromatic carbocycles. The van der Waals surface area contributed by atoms with E-state index in [-0.39, 0.29) is 31.1 Å². The molecule has 1 unspecified atom stereocenters. The second kappa shape index (κ2) is 61.4. The van der Waals surface area contributed by atoms with Gasteiger partial charge in [-0.3, -0.25) is 14.4 Å². The van der Waals surface area contributed by atoms with E-state index in [4.69, 9.17) is 14.2 Å². The van der Waals surface area contributed by atoms with E-state index in [0.717, 1.165) is 128 Å². The van der Waals surface area contributed by atoms with Crippen LogP contribution in [0.25, 0.3) is 0 Å². The van der Waals surface area contributed by atoms with Crippen LogP contribution in [0, 0.1) is 0 Å². The standard InChI is InChI=1S/C68H112O6/c1-4-7-10-13-16-19-22-25-28-29-30-31-32-33-34-35-36-37-38-39-41-43-46-49-52-55-58-61-67(70)73-64-65(63-72-66(69)60-57-54-51-48-45-42-27-24-21-18-15-12-9-6-3)74-68(71)62-59-56-53-50-47-44-40-26-23-20-17-14-11-8-5-2/h7,10,16-17,19-20,25-26,28,30-31,33-34,36-37,39-41,46,49,65H,4-6,8-9,11-15,18,21-24,27,29,32,35,38,42-45,47-48,50-64H2,1-3H3/b10-7-,19-16-,20-17-,28-25-,31-30-,34-33-,37-36-,40-26-,41-39-,49-46-. The van der Waals surface area contributed by atoms with Gasteiger partial charge in [0.1, 0.15) is 13.2 Å². The van der Waals surface area contributed by atoms with Crippen molar-refractivity contribution in [2.45, 2.75) is 277 Å². The zero-order chi connectivity index (χ0) is 53.6. The van der Waals surface area contributed by atoms with Crippen molar-refractivity contribution in [3.63, 3.8) is 0 Å². The molecule has 0 spiro atoms. The first kappa shape index (κ1) is 69.8. The van der Waals surface area contributed by atoms with Crippen molar-refractivity contribution >= 4 is 17.9 Å². The van der Waals surface area contributed by atoms with Gasteiger partial charge in [-0.15, -0.1) is 0 Å². The Labute approximate surface area is 456 Å². The minimum atomic E-state index is -0.805. The number of hydrogen-bond donors (Lipinski definition) is 0. The summed E-state index contributed by atoms with van der Waals surface area (Å²) in [6.07, 6.45) is 84.8. The molecule has 6 nitrogen and oxygen atoms in total. The smallest absolute Gasteiger partial charge is 0.306 e. The van der Waals surface area contributed by atoms with E-state index in [1.165, 1.54) is 96.3 Å². The maximum atomic E-state index is 12.9. The predicted octanol–water partition coefficient (Wildman–Crippen LogP) is 20.8. The molecule has 74 heavy (non-hydrogen) atoms. The van der Waals surface area contributed by atoms with Gasteiger partial charge in [0.15, 0.2) is 6.10 Å². The maximum Gasteiger partial charge on any atom is 0.306 e. The molecule has 0 heterocycles. The van der Waals surface area contributed by atoms with E-state index in [0.29, 0.717) is 25.7 Å². The Morgan fingerprint density at radius 2 is 0.527 bits per heavy atom. The van der Waals surface area contributed by atoms with E-state index < -0.39 is 6.10 Å². The molecule has 0 fully saturated rings. The summed E-state index contributed by atoms with van der Waals surface area (Å²) in [5.41, 5.74) is 0. The number of unbranched alkanes of at least 4 members (excludes halogenated alkanes) is 23. The summed E-state index contributed by atoms with van der Waals surface area (Å²) in [4.78, 5) is 38.2. The molecule has 6 heteroatoms. The molecule has 0 radical (unpaired) electrons. The van der Waals surface area contributed by atoms with Gasteiger partial charge in [0.25, 0.3) is 0 Å². The van der Waals surface area contributed by atoms with Crippen LogP contribution in [-0.2, 0) is 28.6 Å². The highest BCUT2D eigenvalue weighted by molar-refractivity contribution is 5.71. The lowest BCUT2D eigenvalue weighted by Gasteiger charge is -2.18. The molecule has 0 aromatic rings. The Balaban J connectivity index is 4.44. The highest BCUT2D eigenvalue weighted by Gasteiger charge is 2.19. The summed E-state index contributed by atoms with van der Waals surface area (Å²) >= 11 is 0. The van der Waals surface area contributed by atoms with E-state index in [2.05, 4.69) is 142 Å². The van der Waals surface area contributed by atoms with Crippen molar-refractivity contribution in [1.82, 2.24) is 0 Å². The molecular weight excluding hydrogens is 913 g/mol. The molecule has 0 N–H and O–H groups in total. The lowest BCUT2D eigenvalue weighted by Crippen LogP contribution is -2.30. The Morgan fingerprint density at radius 1 is 0.284 bits per heavy atom. The van der Waals surface area contributed by atoms with Crippen molar-refractivity contribution in [2.75, 3.05) is 13.2 Å². The number of rotatable bonds is 54. The topological polar surface area (TPSA) is 78.9 Å². The normalized spacial score (nSPS) is 13.0. The third-order valence-corrected chi connectivity index (χ3v) is 12.7. The van der Waals surface area contributed by atoms with Crippen LogP contribution in [0.15, 0.2) is 122 Å². The Hall–Kier alpha value is -4.19. The Bertz CT molecular complexity index is 1550. The second-order valence-corrected chi connectivity index (χ2v) is 19.9. The van der Waals surface area contributed by atoms with Crippen LogP contribution in [0.5, 0.6) is 0 Å². The first-order valence-electron chi connectivity index (χ1n) is 30.5. The van der Waals surface area contributed by atoms with E-state index in [1.54, 1.807) is 0 Å². The van der Waals surface area contributed by atoms with Crippen molar-refractivity contribution in [3.05, 3.63) is 122 Å². The molecule has 0 saturated carbocycles. The van der Waals surface area contributed by atoms with Gasteiger partial charge in [0.2, 0.25) is 0 Å². The number of ether oxygens (including phenoxy) is 3. The number of carbonyl (C=O) groups excluding carboxylic acids is 3. The predicted molar refractivity (Wildman–Crippen MR) is 320 cm³/mol. The number of esters is 3. The van der Waals surface area contributed by atoms with Gasteiger partial charge in [-0.05, 0) is 116 Å². The van der Waals surface area contributed by atoms with Crippen LogP contribution >= 0.6 is 0 Å². The van der Waals surface area contributed by atoms with Gasteiger partial charge >= 0.3 is 17.9 Å². The zero-order valence-corrected chi connectivity index (χ0v) is 48.1. The first-order chi connectivity index (χ1) is 36.5. The molecule has 0 bridgehead atoms. The zero-order valence-electron chi connectivity index (χ0n) is 48.1. The first-order valence-corrected chi connectivity index (χ1v) is 30.5. The summed E-state index contributed by atoms with van der Waals surface area (Å²) in [5, 5.41) is 0. The molecule has 0 aliphatic carbocycles. The molecule has 0 aliphatic rings. The van der Waals surface area contributed by atoms with Crippen molar-refractivity contribution in [1.29, 1.82) is 0 Å². The van der Waals surface area contributed by atoms with E-state index >= 15 is 0 Å².